The molecule has 0 amide bonds. The molecule has 154 valence electrons. The van der Waals surface area contributed by atoms with E-state index in [9.17, 15) is 9.59 Å². The van der Waals surface area contributed by atoms with Gasteiger partial charge in [0.2, 0.25) is 5.78 Å². The highest BCUT2D eigenvalue weighted by Gasteiger charge is 2.09. The third-order valence-electron chi connectivity index (χ3n) is 4.13. The van der Waals surface area contributed by atoms with Gasteiger partial charge in [-0.15, -0.1) is 11.8 Å². The number of ketones is 1. The molecule has 0 bridgehead atoms. The van der Waals surface area contributed by atoms with Crippen LogP contribution in [-0.4, -0.2) is 40.6 Å². The van der Waals surface area contributed by atoms with Crippen LogP contribution in [0.1, 0.15) is 41.3 Å². The molecule has 0 aliphatic heterocycles. The molecular formula is C22H25NO5S. The minimum Gasteiger partial charge on any atom is -0.493 e. The van der Waals surface area contributed by atoms with Gasteiger partial charge in [-0.25, -0.2) is 0 Å². The minimum atomic E-state index is -0.830. The van der Waals surface area contributed by atoms with Gasteiger partial charge in [-0.2, -0.15) is 0 Å². The van der Waals surface area contributed by atoms with E-state index in [-0.39, 0.29) is 12.2 Å². The molecule has 0 heterocycles. The van der Waals surface area contributed by atoms with Crippen molar-refractivity contribution in [2.75, 3.05) is 12.4 Å². The lowest BCUT2D eigenvalue weighted by Gasteiger charge is -2.12. The van der Waals surface area contributed by atoms with Gasteiger partial charge in [0.25, 0.3) is 0 Å². The number of aliphatic carboxylic acids is 1. The van der Waals surface area contributed by atoms with Gasteiger partial charge in [-0.05, 0) is 54.3 Å². The number of carbonyl (C=O) groups is 2. The Morgan fingerprint density at radius 2 is 1.93 bits per heavy atom. The second-order valence-electron chi connectivity index (χ2n) is 6.45. The number of ether oxygens (including phenoxy) is 1. The van der Waals surface area contributed by atoms with Crippen molar-refractivity contribution in [3.63, 3.8) is 0 Å². The van der Waals surface area contributed by atoms with Crippen molar-refractivity contribution in [1.82, 2.24) is 0 Å². The van der Waals surface area contributed by atoms with Gasteiger partial charge in [0.1, 0.15) is 12.0 Å². The summed E-state index contributed by atoms with van der Waals surface area (Å²) in [5, 5.41) is 20.1. The fourth-order valence-electron chi connectivity index (χ4n) is 2.77. The maximum Gasteiger partial charge on any atom is 0.307 e. The zero-order valence-corrected chi connectivity index (χ0v) is 17.2. The second kappa shape index (κ2) is 11.9. The van der Waals surface area contributed by atoms with Gasteiger partial charge in [0.15, 0.2) is 0 Å². The number of thioether (sulfide) groups is 1. The standard InChI is InChI=1S/C22H25NO5S/c1-2-4-18-14-17(20(24)15-23-27)7-10-21(18)28-11-3-12-29-19-8-5-16(6-9-19)13-22(25)26/h5-10,14-15,27H,2-4,11-13H2,1H3,(H,25,26)/b23-15+. The van der Waals surface area contributed by atoms with Gasteiger partial charge < -0.3 is 15.1 Å². The molecule has 0 fully saturated rings. The van der Waals surface area contributed by atoms with E-state index in [2.05, 4.69) is 12.1 Å². The molecule has 2 rings (SSSR count). The highest BCUT2D eigenvalue weighted by atomic mass is 32.2. The quantitative estimate of drug-likeness (QED) is 0.133. The smallest absolute Gasteiger partial charge is 0.307 e. The molecule has 29 heavy (non-hydrogen) atoms. The van der Waals surface area contributed by atoms with Gasteiger partial charge >= 0.3 is 5.97 Å². The summed E-state index contributed by atoms with van der Waals surface area (Å²) in [5.41, 5.74) is 2.23. The number of hydrogen-bond acceptors (Lipinski definition) is 6. The molecule has 2 aromatic carbocycles. The van der Waals surface area contributed by atoms with Crippen LogP contribution >= 0.6 is 11.8 Å². The van der Waals surface area contributed by atoms with Crippen LogP contribution in [-0.2, 0) is 17.6 Å². The predicted octanol–water partition coefficient (Wildman–Crippen LogP) is 4.47. The Morgan fingerprint density at radius 3 is 2.59 bits per heavy atom. The maximum atomic E-state index is 11.8. The van der Waals surface area contributed by atoms with E-state index in [4.69, 9.17) is 15.1 Å². The Morgan fingerprint density at radius 1 is 1.17 bits per heavy atom. The predicted molar refractivity (Wildman–Crippen MR) is 114 cm³/mol. The summed E-state index contributed by atoms with van der Waals surface area (Å²) in [6.45, 7) is 2.62. The number of hydrogen-bond donors (Lipinski definition) is 2. The number of rotatable bonds is 12. The fourth-order valence-corrected chi connectivity index (χ4v) is 3.60. The first kappa shape index (κ1) is 22.5. The molecule has 0 aromatic heterocycles. The summed E-state index contributed by atoms with van der Waals surface area (Å²) >= 11 is 1.70. The molecule has 0 saturated carbocycles. The third kappa shape index (κ3) is 7.62. The van der Waals surface area contributed by atoms with Crippen molar-refractivity contribution in [1.29, 1.82) is 0 Å². The highest BCUT2D eigenvalue weighted by molar-refractivity contribution is 7.99. The first-order chi connectivity index (χ1) is 14.0. The molecule has 2 N–H and O–H groups in total. The Labute approximate surface area is 174 Å². The number of carboxylic acid groups (broad SMARTS) is 1. The Hall–Kier alpha value is -2.80. The van der Waals surface area contributed by atoms with Crippen LogP contribution < -0.4 is 4.74 Å². The molecule has 0 atom stereocenters. The number of Topliss-reactive ketones (excluding diaryl/α,β-unsaturated/α-hetero) is 1. The van der Waals surface area contributed by atoms with Crippen molar-refractivity contribution >= 4 is 29.7 Å². The van der Waals surface area contributed by atoms with E-state index in [0.717, 1.165) is 53.0 Å². The van der Waals surface area contributed by atoms with E-state index < -0.39 is 5.97 Å². The summed E-state index contributed by atoms with van der Waals surface area (Å²) in [4.78, 5) is 23.6. The van der Waals surface area contributed by atoms with E-state index in [1.165, 1.54) is 0 Å². The minimum absolute atomic E-state index is 0.0378. The molecule has 6 nitrogen and oxygen atoms in total. The van der Waals surface area contributed by atoms with Gasteiger partial charge in [0.05, 0.1) is 13.0 Å². The lowest BCUT2D eigenvalue weighted by molar-refractivity contribution is -0.136. The molecule has 2 aromatic rings. The van der Waals surface area contributed by atoms with Gasteiger partial charge in [-0.3, -0.25) is 9.59 Å². The van der Waals surface area contributed by atoms with E-state index >= 15 is 0 Å². The van der Waals surface area contributed by atoms with Crippen molar-refractivity contribution in [2.24, 2.45) is 5.16 Å². The second-order valence-corrected chi connectivity index (χ2v) is 7.61. The number of carboxylic acids is 1. The summed E-state index contributed by atoms with van der Waals surface area (Å²) in [6, 6.07) is 12.8. The summed E-state index contributed by atoms with van der Waals surface area (Å²) in [5.74, 6) is 0.476. The van der Waals surface area contributed by atoms with Crippen LogP contribution in [0, 0.1) is 0 Å². The van der Waals surface area contributed by atoms with Gasteiger partial charge in [0, 0.05) is 16.2 Å². The summed E-state index contributed by atoms with van der Waals surface area (Å²) in [7, 11) is 0. The zero-order chi connectivity index (χ0) is 21.1. The van der Waals surface area contributed by atoms with Crippen molar-refractivity contribution in [3.8, 4) is 5.75 Å². The number of benzene rings is 2. The highest BCUT2D eigenvalue weighted by Crippen LogP contribution is 2.23. The Kier molecular flexibility index (Phi) is 9.24. The third-order valence-corrected chi connectivity index (χ3v) is 5.23. The lowest BCUT2D eigenvalue weighted by Crippen LogP contribution is -2.05. The molecule has 0 unspecified atom stereocenters. The number of carbonyl (C=O) groups excluding carboxylic acids is 1. The average Bonchev–Trinajstić information content (AvgIpc) is 2.70. The van der Waals surface area contributed by atoms with Crippen LogP contribution in [0.3, 0.4) is 0 Å². The van der Waals surface area contributed by atoms with E-state index in [1.807, 2.05) is 24.3 Å². The normalized spacial score (nSPS) is 10.9. The van der Waals surface area contributed by atoms with Crippen molar-refractivity contribution in [2.45, 2.75) is 37.5 Å². The molecular weight excluding hydrogens is 390 g/mol. The SMILES string of the molecule is CCCc1cc(C(=O)/C=N/O)ccc1OCCCSc1ccc(CC(=O)O)cc1. The van der Waals surface area contributed by atoms with Crippen molar-refractivity contribution in [3.05, 3.63) is 59.2 Å². The van der Waals surface area contributed by atoms with Gasteiger partial charge in [-0.1, -0.05) is 30.6 Å². The number of aryl methyl sites for hydroxylation is 1. The molecule has 0 aliphatic rings. The van der Waals surface area contributed by atoms with Crippen LogP contribution in [0.5, 0.6) is 5.75 Å². The summed E-state index contributed by atoms with van der Waals surface area (Å²) < 4.78 is 5.91. The van der Waals surface area contributed by atoms with Crippen LogP contribution in [0.4, 0.5) is 0 Å². The largest absolute Gasteiger partial charge is 0.493 e. The van der Waals surface area contributed by atoms with Crippen LogP contribution in [0.2, 0.25) is 0 Å². The maximum absolute atomic E-state index is 11.8. The Balaban J connectivity index is 1.83. The molecule has 0 spiro atoms. The molecule has 0 radical (unpaired) electrons. The zero-order valence-electron chi connectivity index (χ0n) is 16.3. The first-order valence-electron chi connectivity index (χ1n) is 9.44. The number of nitrogens with zero attached hydrogens (tertiary/aromatic N) is 1. The number of oxime groups is 1. The molecule has 0 aliphatic carbocycles. The van der Waals surface area contributed by atoms with E-state index in [1.54, 1.807) is 30.0 Å². The fraction of sp³-hybridized carbons (Fsp3) is 0.318. The van der Waals surface area contributed by atoms with Crippen LogP contribution in [0.25, 0.3) is 0 Å². The monoisotopic (exact) mass is 415 g/mol. The molecule has 7 heteroatoms. The van der Waals surface area contributed by atoms with Crippen LogP contribution in [0.15, 0.2) is 52.5 Å². The van der Waals surface area contributed by atoms with Crippen molar-refractivity contribution < 1.29 is 24.6 Å². The summed E-state index contributed by atoms with van der Waals surface area (Å²) in [6.07, 6.45) is 3.50. The average molecular weight is 416 g/mol. The molecule has 0 saturated heterocycles. The lowest BCUT2D eigenvalue weighted by atomic mass is 10.0. The topological polar surface area (TPSA) is 96.2 Å². The Bertz CT molecular complexity index is 849. The first-order valence-corrected chi connectivity index (χ1v) is 10.4. The van der Waals surface area contributed by atoms with E-state index in [0.29, 0.717) is 12.2 Å².